The van der Waals surface area contributed by atoms with Crippen LogP contribution in [0.4, 0.5) is 0 Å². The number of halogens is 1. The van der Waals surface area contributed by atoms with Gasteiger partial charge in [0.15, 0.2) is 0 Å². The van der Waals surface area contributed by atoms with Crippen LogP contribution in [0.1, 0.15) is 38.5 Å². The van der Waals surface area contributed by atoms with E-state index >= 15 is 0 Å². The molecule has 2 amide bonds. The van der Waals surface area contributed by atoms with Crippen LogP contribution in [0.15, 0.2) is 0 Å². The van der Waals surface area contributed by atoms with Gasteiger partial charge in [-0.3, -0.25) is 9.59 Å². The van der Waals surface area contributed by atoms with Gasteiger partial charge in [0.2, 0.25) is 11.8 Å². The maximum absolute atomic E-state index is 12.5. The Hall–Kier alpha value is -0.810. The molecule has 5 nitrogen and oxygen atoms in total. The number of likely N-dealkylation sites (tertiary alicyclic amines) is 1. The van der Waals surface area contributed by atoms with E-state index in [1.807, 2.05) is 4.90 Å². The van der Waals surface area contributed by atoms with Gasteiger partial charge in [-0.2, -0.15) is 0 Å². The third-order valence-electron chi connectivity index (χ3n) is 4.96. The largest absolute Gasteiger partial charge is 0.359 e. The van der Waals surface area contributed by atoms with Crippen molar-refractivity contribution in [2.45, 2.75) is 38.5 Å². The van der Waals surface area contributed by atoms with E-state index in [1.54, 1.807) is 7.05 Å². The highest BCUT2D eigenvalue weighted by molar-refractivity contribution is 5.85. The number of carbonyl (C=O) groups is 2. The lowest BCUT2D eigenvalue weighted by atomic mass is 9.90. The van der Waals surface area contributed by atoms with Crippen molar-refractivity contribution in [3.63, 3.8) is 0 Å². The molecule has 0 radical (unpaired) electrons. The van der Waals surface area contributed by atoms with Crippen molar-refractivity contribution in [3.05, 3.63) is 0 Å². The molecule has 1 heterocycles. The maximum Gasteiger partial charge on any atom is 0.226 e. The average Bonchev–Trinajstić information content (AvgIpc) is 2.95. The minimum atomic E-state index is 0. The molecule has 0 aromatic heterocycles. The Morgan fingerprint density at radius 2 is 1.86 bits per heavy atom. The SMILES string of the molecule is CNC(=O)CC1CCN(C(=O)[C@@H]2CCC[C@@H]2CN)CC1.Cl. The second kappa shape index (κ2) is 8.59. The van der Waals surface area contributed by atoms with Gasteiger partial charge in [-0.15, -0.1) is 12.4 Å². The predicted octanol–water partition coefficient (Wildman–Crippen LogP) is 1.16. The Balaban J connectivity index is 0.00000220. The molecule has 3 N–H and O–H groups in total. The molecule has 21 heavy (non-hydrogen) atoms. The zero-order valence-electron chi connectivity index (χ0n) is 12.8. The molecule has 122 valence electrons. The van der Waals surface area contributed by atoms with Gasteiger partial charge in [0, 0.05) is 32.5 Å². The van der Waals surface area contributed by atoms with Crippen molar-refractivity contribution in [1.29, 1.82) is 0 Å². The van der Waals surface area contributed by atoms with Crippen LogP contribution in [0.2, 0.25) is 0 Å². The number of amides is 2. The number of piperidine rings is 1. The Morgan fingerprint density at radius 3 is 2.43 bits per heavy atom. The van der Waals surface area contributed by atoms with E-state index in [9.17, 15) is 9.59 Å². The van der Waals surface area contributed by atoms with Gasteiger partial charge >= 0.3 is 0 Å². The third-order valence-corrected chi connectivity index (χ3v) is 4.96. The highest BCUT2D eigenvalue weighted by atomic mass is 35.5. The molecule has 2 atom stereocenters. The van der Waals surface area contributed by atoms with Crippen molar-refractivity contribution in [3.8, 4) is 0 Å². The standard InChI is InChI=1S/C15H27N3O2.ClH/c1-17-14(19)9-11-5-7-18(8-6-11)15(20)13-4-2-3-12(13)10-16;/h11-13H,2-10,16H2,1H3,(H,17,19);1H/t12-,13-;/m1./s1. The van der Waals surface area contributed by atoms with Gasteiger partial charge in [-0.1, -0.05) is 6.42 Å². The number of hydrogen-bond donors (Lipinski definition) is 2. The second-order valence-electron chi connectivity index (χ2n) is 6.18. The van der Waals surface area contributed by atoms with Crippen LogP contribution in [0.25, 0.3) is 0 Å². The Bertz CT molecular complexity index is 357. The van der Waals surface area contributed by atoms with E-state index in [1.165, 1.54) is 0 Å². The summed E-state index contributed by atoms with van der Waals surface area (Å²) in [6, 6.07) is 0. The monoisotopic (exact) mass is 317 g/mol. The van der Waals surface area contributed by atoms with Crippen LogP contribution in [0.5, 0.6) is 0 Å². The Labute approximate surface area is 133 Å². The van der Waals surface area contributed by atoms with Crippen LogP contribution in [-0.2, 0) is 9.59 Å². The van der Waals surface area contributed by atoms with E-state index in [-0.39, 0.29) is 24.2 Å². The normalized spacial score (nSPS) is 26.3. The van der Waals surface area contributed by atoms with E-state index in [4.69, 9.17) is 5.73 Å². The molecular formula is C15H28ClN3O2. The molecule has 2 fully saturated rings. The summed E-state index contributed by atoms with van der Waals surface area (Å²) in [6.07, 6.45) is 5.70. The number of nitrogens with zero attached hydrogens (tertiary/aromatic N) is 1. The van der Waals surface area contributed by atoms with E-state index in [0.29, 0.717) is 30.7 Å². The molecule has 0 aromatic rings. The Morgan fingerprint density at radius 1 is 1.19 bits per heavy atom. The molecule has 0 unspecified atom stereocenters. The molecule has 1 aliphatic heterocycles. The van der Waals surface area contributed by atoms with Crippen molar-refractivity contribution >= 4 is 24.2 Å². The molecule has 6 heteroatoms. The molecule has 1 aliphatic carbocycles. The first-order chi connectivity index (χ1) is 9.65. The van der Waals surface area contributed by atoms with Crippen molar-refractivity contribution < 1.29 is 9.59 Å². The summed E-state index contributed by atoms with van der Waals surface area (Å²) < 4.78 is 0. The summed E-state index contributed by atoms with van der Waals surface area (Å²) in [7, 11) is 1.67. The topological polar surface area (TPSA) is 75.4 Å². The zero-order valence-corrected chi connectivity index (χ0v) is 13.7. The van der Waals surface area contributed by atoms with Gasteiger partial charge in [0.1, 0.15) is 0 Å². The minimum Gasteiger partial charge on any atom is -0.359 e. The summed E-state index contributed by atoms with van der Waals surface area (Å²) in [5.74, 6) is 1.36. The number of hydrogen-bond acceptors (Lipinski definition) is 3. The molecule has 0 spiro atoms. The van der Waals surface area contributed by atoms with Gasteiger partial charge in [-0.05, 0) is 44.1 Å². The van der Waals surface area contributed by atoms with Crippen molar-refractivity contribution in [1.82, 2.24) is 10.2 Å². The van der Waals surface area contributed by atoms with Crippen LogP contribution in [-0.4, -0.2) is 43.4 Å². The highest BCUT2D eigenvalue weighted by Crippen LogP contribution is 2.33. The lowest BCUT2D eigenvalue weighted by Crippen LogP contribution is -2.44. The molecule has 1 saturated carbocycles. The lowest BCUT2D eigenvalue weighted by molar-refractivity contribution is -0.138. The second-order valence-corrected chi connectivity index (χ2v) is 6.18. The molecule has 1 saturated heterocycles. The fourth-order valence-corrected chi connectivity index (χ4v) is 3.60. The van der Waals surface area contributed by atoms with E-state index in [0.717, 1.165) is 45.2 Å². The predicted molar refractivity (Wildman–Crippen MR) is 85.1 cm³/mol. The van der Waals surface area contributed by atoms with Crippen LogP contribution in [0, 0.1) is 17.8 Å². The number of nitrogens with two attached hydrogens (primary N) is 1. The molecule has 2 aliphatic rings. The molecule has 0 bridgehead atoms. The average molecular weight is 318 g/mol. The van der Waals surface area contributed by atoms with Crippen molar-refractivity contribution in [2.75, 3.05) is 26.7 Å². The molecule has 0 aromatic carbocycles. The summed E-state index contributed by atoms with van der Waals surface area (Å²) in [5, 5.41) is 2.67. The number of carbonyl (C=O) groups excluding carboxylic acids is 2. The molecular weight excluding hydrogens is 290 g/mol. The van der Waals surface area contributed by atoms with Gasteiger partial charge < -0.3 is 16.0 Å². The fraction of sp³-hybridized carbons (Fsp3) is 0.867. The molecule has 2 rings (SSSR count). The van der Waals surface area contributed by atoms with Crippen molar-refractivity contribution in [2.24, 2.45) is 23.5 Å². The first-order valence-electron chi connectivity index (χ1n) is 7.85. The summed E-state index contributed by atoms with van der Waals surface area (Å²) >= 11 is 0. The zero-order chi connectivity index (χ0) is 14.5. The Kier molecular flexibility index (Phi) is 7.46. The number of rotatable bonds is 4. The summed E-state index contributed by atoms with van der Waals surface area (Å²) in [5.41, 5.74) is 5.77. The first kappa shape index (κ1) is 18.2. The van der Waals surface area contributed by atoms with E-state index in [2.05, 4.69) is 5.32 Å². The van der Waals surface area contributed by atoms with Gasteiger partial charge in [-0.25, -0.2) is 0 Å². The fourth-order valence-electron chi connectivity index (χ4n) is 3.60. The summed E-state index contributed by atoms with van der Waals surface area (Å²) in [6.45, 7) is 2.23. The highest BCUT2D eigenvalue weighted by Gasteiger charge is 2.35. The minimum absolute atomic E-state index is 0. The van der Waals surface area contributed by atoms with Crippen LogP contribution in [0.3, 0.4) is 0 Å². The van der Waals surface area contributed by atoms with Gasteiger partial charge in [0.25, 0.3) is 0 Å². The number of nitrogens with one attached hydrogen (secondary N) is 1. The first-order valence-corrected chi connectivity index (χ1v) is 7.85. The quantitative estimate of drug-likeness (QED) is 0.817. The lowest BCUT2D eigenvalue weighted by Gasteiger charge is -2.34. The smallest absolute Gasteiger partial charge is 0.226 e. The maximum atomic E-state index is 12.5. The van der Waals surface area contributed by atoms with E-state index < -0.39 is 0 Å². The van der Waals surface area contributed by atoms with Gasteiger partial charge in [0.05, 0.1) is 0 Å². The summed E-state index contributed by atoms with van der Waals surface area (Å²) in [4.78, 5) is 25.9. The van der Waals surface area contributed by atoms with Crippen LogP contribution >= 0.6 is 12.4 Å². The third kappa shape index (κ3) is 4.58. The van der Waals surface area contributed by atoms with Crippen LogP contribution < -0.4 is 11.1 Å².